The number of benzene rings is 1. The molecule has 0 aliphatic carbocycles. The van der Waals surface area contributed by atoms with Crippen molar-refractivity contribution in [1.82, 2.24) is 15.6 Å². The summed E-state index contributed by atoms with van der Waals surface area (Å²) in [5.74, 6) is -0.0616. The van der Waals surface area contributed by atoms with E-state index in [1.54, 1.807) is 36.4 Å². The molecule has 0 aliphatic rings. The Morgan fingerprint density at radius 2 is 1.67 bits per heavy atom. The topological polar surface area (TPSA) is 80.3 Å². The molecule has 2 N–H and O–H groups in total. The zero-order valence-electron chi connectivity index (χ0n) is 13.2. The van der Waals surface area contributed by atoms with Crippen LogP contribution in [0.2, 0.25) is 5.15 Å². The van der Waals surface area contributed by atoms with Crippen molar-refractivity contribution in [3.63, 3.8) is 0 Å². The molecule has 0 atom stereocenters. The summed E-state index contributed by atoms with van der Waals surface area (Å²) in [6.07, 6.45) is 1.51. The molecule has 0 spiro atoms. The maximum absolute atomic E-state index is 12.2. The highest BCUT2D eigenvalue weighted by molar-refractivity contribution is 6.32. The Kier molecular flexibility index (Phi) is 6.57. The van der Waals surface area contributed by atoms with Crippen LogP contribution in [0.3, 0.4) is 0 Å². The van der Waals surface area contributed by atoms with Gasteiger partial charge in [0.2, 0.25) is 0 Å². The number of amides is 2. The van der Waals surface area contributed by atoms with Crippen LogP contribution in [-0.2, 0) is 0 Å². The molecule has 0 aliphatic heterocycles. The van der Waals surface area contributed by atoms with E-state index in [0.29, 0.717) is 23.5 Å². The number of hydrogen-bond donors (Lipinski definition) is 2. The minimum atomic E-state index is -0.336. The second-order valence-corrected chi connectivity index (χ2v) is 5.14. The summed E-state index contributed by atoms with van der Waals surface area (Å²) in [4.78, 5) is 28.0. The summed E-state index contributed by atoms with van der Waals surface area (Å²) in [7, 11) is 0. The van der Waals surface area contributed by atoms with Gasteiger partial charge in [-0.05, 0) is 31.2 Å². The van der Waals surface area contributed by atoms with Gasteiger partial charge in [0.25, 0.3) is 11.8 Å². The lowest BCUT2D eigenvalue weighted by Gasteiger charge is -2.11. The highest BCUT2D eigenvalue weighted by Crippen LogP contribution is 2.17. The first-order valence-corrected chi connectivity index (χ1v) is 7.90. The fourth-order valence-electron chi connectivity index (χ4n) is 2.03. The predicted molar refractivity (Wildman–Crippen MR) is 91.5 cm³/mol. The van der Waals surface area contributed by atoms with Gasteiger partial charge in [0.15, 0.2) is 0 Å². The number of rotatable bonds is 7. The van der Waals surface area contributed by atoms with Gasteiger partial charge in [0, 0.05) is 19.3 Å². The molecule has 7 heteroatoms. The summed E-state index contributed by atoms with van der Waals surface area (Å²) in [6, 6.07) is 10.2. The van der Waals surface area contributed by atoms with Gasteiger partial charge >= 0.3 is 0 Å². The summed E-state index contributed by atoms with van der Waals surface area (Å²) in [5, 5.41) is 5.56. The van der Waals surface area contributed by atoms with Crippen molar-refractivity contribution in [2.45, 2.75) is 6.92 Å². The number of para-hydroxylation sites is 1. The molecule has 1 aromatic heterocycles. The fourth-order valence-corrected chi connectivity index (χ4v) is 2.24. The van der Waals surface area contributed by atoms with Crippen LogP contribution in [0.15, 0.2) is 42.6 Å². The average Bonchev–Trinajstić information content (AvgIpc) is 2.59. The highest BCUT2D eigenvalue weighted by Gasteiger charge is 2.12. The zero-order valence-corrected chi connectivity index (χ0v) is 14.0. The number of aromatic nitrogens is 1. The molecule has 24 heavy (non-hydrogen) atoms. The standard InChI is InChI=1S/C17H18ClN3O3/c1-2-24-14-8-4-3-6-12(14)16(22)20-10-11-21-17(23)13-7-5-9-19-15(13)18/h3-9H,2,10-11H2,1H3,(H,20,22)(H,21,23). The summed E-state index contributed by atoms with van der Waals surface area (Å²) in [5.41, 5.74) is 0.758. The first-order valence-electron chi connectivity index (χ1n) is 7.52. The van der Waals surface area contributed by atoms with Crippen LogP contribution in [-0.4, -0.2) is 36.5 Å². The van der Waals surface area contributed by atoms with E-state index in [1.165, 1.54) is 6.20 Å². The Morgan fingerprint density at radius 3 is 2.33 bits per heavy atom. The number of carbonyl (C=O) groups excluding carboxylic acids is 2. The number of pyridine rings is 1. The highest BCUT2D eigenvalue weighted by atomic mass is 35.5. The minimum absolute atomic E-state index is 0.143. The van der Waals surface area contributed by atoms with Crippen molar-refractivity contribution in [2.75, 3.05) is 19.7 Å². The van der Waals surface area contributed by atoms with Crippen molar-refractivity contribution in [2.24, 2.45) is 0 Å². The van der Waals surface area contributed by atoms with Crippen LogP contribution in [0, 0.1) is 0 Å². The largest absolute Gasteiger partial charge is 0.493 e. The van der Waals surface area contributed by atoms with Crippen LogP contribution in [0.5, 0.6) is 5.75 Å². The van der Waals surface area contributed by atoms with Crippen LogP contribution < -0.4 is 15.4 Å². The molecule has 2 amide bonds. The van der Waals surface area contributed by atoms with Crippen molar-refractivity contribution < 1.29 is 14.3 Å². The monoisotopic (exact) mass is 347 g/mol. The molecular weight excluding hydrogens is 330 g/mol. The van der Waals surface area contributed by atoms with Gasteiger partial charge in [-0.2, -0.15) is 0 Å². The van der Waals surface area contributed by atoms with Crippen LogP contribution in [0.25, 0.3) is 0 Å². The second-order valence-electron chi connectivity index (χ2n) is 4.78. The van der Waals surface area contributed by atoms with E-state index in [9.17, 15) is 9.59 Å². The molecule has 0 fully saturated rings. The van der Waals surface area contributed by atoms with Crippen molar-refractivity contribution in [1.29, 1.82) is 0 Å². The van der Waals surface area contributed by atoms with Gasteiger partial charge in [-0.25, -0.2) is 4.98 Å². The number of hydrogen-bond acceptors (Lipinski definition) is 4. The van der Waals surface area contributed by atoms with Gasteiger partial charge in [-0.1, -0.05) is 23.7 Å². The van der Waals surface area contributed by atoms with Gasteiger partial charge < -0.3 is 15.4 Å². The van der Waals surface area contributed by atoms with E-state index in [4.69, 9.17) is 16.3 Å². The third-order valence-corrected chi connectivity index (χ3v) is 3.43. The molecule has 1 aromatic carbocycles. The molecule has 2 rings (SSSR count). The van der Waals surface area contributed by atoms with E-state index < -0.39 is 0 Å². The van der Waals surface area contributed by atoms with E-state index >= 15 is 0 Å². The lowest BCUT2D eigenvalue weighted by molar-refractivity contribution is 0.0925. The normalized spacial score (nSPS) is 10.1. The van der Waals surface area contributed by atoms with Gasteiger partial charge in [-0.15, -0.1) is 0 Å². The number of ether oxygens (including phenoxy) is 1. The van der Waals surface area contributed by atoms with Gasteiger partial charge in [0.05, 0.1) is 17.7 Å². The molecule has 6 nitrogen and oxygen atoms in total. The molecule has 0 saturated heterocycles. The lowest BCUT2D eigenvalue weighted by Crippen LogP contribution is -2.35. The lowest BCUT2D eigenvalue weighted by atomic mass is 10.2. The van der Waals surface area contributed by atoms with Gasteiger partial charge in [0.1, 0.15) is 10.9 Å². The van der Waals surface area contributed by atoms with Gasteiger partial charge in [-0.3, -0.25) is 9.59 Å². The van der Waals surface area contributed by atoms with Crippen molar-refractivity contribution >= 4 is 23.4 Å². The molecule has 0 unspecified atom stereocenters. The molecule has 1 heterocycles. The maximum Gasteiger partial charge on any atom is 0.255 e. The van der Waals surface area contributed by atoms with E-state index in [2.05, 4.69) is 15.6 Å². The van der Waals surface area contributed by atoms with E-state index in [-0.39, 0.29) is 30.1 Å². The molecule has 0 radical (unpaired) electrons. The van der Waals surface area contributed by atoms with Crippen molar-refractivity contribution in [3.8, 4) is 5.75 Å². The fraction of sp³-hybridized carbons (Fsp3) is 0.235. The third-order valence-electron chi connectivity index (χ3n) is 3.13. The smallest absolute Gasteiger partial charge is 0.255 e. The number of nitrogens with one attached hydrogen (secondary N) is 2. The molecular formula is C17H18ClN3O3. The molecule has 126 valence electrons. The Balaban J connectivity index is 1.83. The van der Waals surface area contributed by atoms with E-state index in [0.717, 1.165) is 0 Å². The minimum Gasteiger partial charge on any atom is -0.493 e. The Hall–Kier alpha value is -2.60. The summed E-state index contributed by atoms with van der Waals surface area (Å²) in [6.45, 7) is 2.88. The second kappa shape index (κ2) is 8.88. The van der Waals surface area contributed by atoms with Crippen LogP contribution in [0.1, 0.15) is 27.6 Å². The Bertz CT molecular complexity index is 722. The third kappa shape index (κ3) is 4.70. The number of carbonyl (C=O) groups is 2. The summed E-state index contributed by atoms with van der Waals surface area (Å²) >= 11 is 5.85. The predicted octanol–water partition coefficient (Wildman–Crippen LogP) is 2.29. The van der Waals surface area contributed by atoms with Crippen LogP contribution >= 0.6 is 11.6 Å². The molecule has 0 bridgehead atoms. The summed E-state index contributed by atoms with van der Waals surface area (Å²) < 4.78 is 5.42. The Labute approximate surface area is 145 Å². The average molecular weight is 348 g/mol. The molecule has 0 saturated carbocycles. The number of halogens is 1. The van der Waals surface area contributed by atoms with Crippen LogP contribution in [0.4, 0.5) is 0 Å². The van der Waals surface area contributed by atoms with Crippen molar-refractivity contribution in [3.05, 3.63) is 58.9 Å². The first kappa shape index (κ1) is 17.7. The van der Waals surface area contributed by atoms with E-state index in [1.807, 2.05) is 6.92 Å². The quantitative estimate of drug-likeness (QED) is 0.595. The number of nitrogens with zero attached hydrogens (tertiary/aromatic N) is 1. The maximum atomic E-state index is 12.2. The SMILES string of the molecule is CCOc1ccccc1C(=O)NCCNC(=O)c1cccnc1Cl. The molecule has 2 aromatic rings. The Morgan fingerprint density at radius 1 is 1.04 bits per heavy atom. The zero-order chi connectivity index (χ0) is 17.4. The first-order chi connectivity index (χ1) is 11.6.